The maximum atomic E-state index is 13.4. The Kier molecular flexibility index (Phi) is 8.08. The first-order chi connectivity index (χ1) is 16.5. The Hall–Kier alpha value is -3.03. The van der Waals surface area contributed by atoms with Gasteiger partial charge >= 0.3 is 5.97 Å². The van der Waals surface area contributed by atoms with Crippen LogP contribution in [0.25, 0.3) is 0 Å². The molecule has 0 saturated carbocycles. The molecule has 180 valence electrons. The lowest BCUT2D eigenvalue weighted by Crippen LogP contribution is -2.46. The van der Waals surface area contributed by atoms with E-state index in [1.54, 1.807) is 6.07 Å². The molecule has 0 amide bonds. The summed E-state index contributed by atoms with van der Waals surface area (Å²) in [6.45, 7) is 5.41. The number of hydrogen-bond acceptors (Lipinski definition) is 5. The van der Waals surface area contributed by atoms with Gasteiger partial charge < -0.3 is 14.1 Å². The molecule has 0 atom stereocenters. The van der Waals surface area contributed by atoms with Crippen molar-refractivity contribution >= 4 is 5.97 Å². The van der Waals surface area contributed by atoms with Crippen LogP contribution in [0.2, 0.25) is 0 Å². The average Bonchev–Trinajstić information content (AvgIpc) is 3.32. The Labute approximate surface area is 198 Å². The smallest absolute Gasteiger partial charge is 0.373 e. The molecule has 0 radical (unpaired) electrons. The normalized spacial score (nSPS) is 15.1. The lowest BCUT2D eigenvalue weighted by molar-refractivity contribution is 0.0559. The van der Waals surface area contributed by atoms with Gasteiger partial charge in [-0.3, -0.25) is 4.90 Å². The number of nitrogens with zero attached hydrogens (tertiary/aromatic N) is 2. The van der Waals surface area contributed by atoms with Gasteiger partial charge in [0.1, 0.15) is 17.4 Å². The number of rotatable bonds is 9. The van der Waals surface area contributed by atoms with Crippen LogP contribution in [-0.4, -0.2) is 55.6 Å². The molecule has 0 aliphatic carbocycles. The zero-order chi connectivity index (χ0) is 23.9. The van der Waals surface area contributed by atoms with E-state index in [1.807, 2.05) is 30.3 Å². The second kappa shape index (κ2) is 11.4. The molecule has 2 aromatic carbocycles. The van der Waals surface area contributed by atoms with E-state index in [9.17, 15) is 13.6 Å². The zero-order valence-corrected chi connectivity index (χ0v) is 19.4. The number of halogens is 2. The maximum absolute atomic E-state index is 13.4. The molecule has 0 unspecified atom stereocenters. The second-order valence-corrected chi connectivity index (χ2v) is 8.67. The minimum Gasteiger partial charge on any atom is -0.463 e. The standard InChI is InChI=1S/C27H30F2N2O3/c1-33-27(32)26-13-12-24(34-26)19-31-17-15-30(16-18-31)14-2-3-25(20-4-8-22(28)9-5-20)21-6-10-23(29)11-7-21/h4-13,25H,2-3,14-19H2,1H3. The maximum Gasteiger partial charge on any atom is 0.373 e. The molecule has 0 bridgehead atoms. The molecule has 1 saturated heterocycles. The van der Waals surface area contributed by atoms with Gasteiger partial charge in [-0.25, -0.2) is 13.6 Å². The van der Waals surface area contributed by atoms with Crippen molar-refractivity contribution in [1.29, 1.82) is 0 Å². The summed E-state index contributed by atoms with van der Waals surface area (Å²) in [7, 11) is 1.34. The summed E-state index contributed by atoms with van der Waals surface area (Å²) in [6.07, 6.45) is 1.89. The molecule has 4 rings (SSSR count). The molecule has 1 fully saturated rings. The summed E-state index contributed by atoms with van der Waals surface area (Å²) in [5, 5.41) is 0. The number of methoxy groups -OCH3 is 1. The third-order valence-electron chi connectivity index (χ3n) is 6.40. The van der Waals surface area contributed by atoms with Crippen LogP contribution >= 0.6 is 0 Å². The lowest BCUT2D eigenvalue weighted by atomic mass is 9.87. The highest BCUT2D eigenvalue weighted by Crippen LogP contribution is 2.30. The molecule has 1 aromatic heterocycles. The third-order valence-corrected chi connectivity index (χ3v) is 6.40. The van der Waals surface area contributed by atoms with Crippen LogP contribution in [-0.2, 0) is 11.3 Å². The van der Waals surface area contributed by atoms with Crippen molar-refractivity contribution in [3.05, 3.63) is 94.9 Å². The largest absolute Gasteiger partial charge is 0.463 e. The van der Waals surface area contributed by atoms with Crippen LogP contribution in [0.15, 0.2) is 65.1 Å². The fraction of sp³-hybridized carbons (Fsp3) is 0.370. The number of ether oxygens (including phenoxy) is 1. The van der Waals surface area contributed by atoms with E-state index in [2.05, 4.69) is 14.5 Å². The van der Waals surface area contributed by atoms with E-state index in [-0.39, 0.29) is 23.3 Å². The van der Waals surface area contributed by atoms with Crippen molar-refractivity contribution in [2.24, 2.45) is 0 Å². The Morgan fingerprint density at radius 2 is 1.44 bits per heavy atom. The van der Waals surface area contributed by atoms with Crippen LogP contribution in [0.1, 0.15) is 46.2 Å². The van der Waals surface area contributed by atoms with E-state index in [4.69, 9.17) is 4.42 Å². The van der Waals surface area contributed by atoms with Gasteiger partial charge in [0, 0.05) is 32.1 Å². The van der Waals surface area contributed by atoms with Crippen molar-refractivity contribution in [2.75, 3.05) is 39.8 Å². The predicted molar refractivity (Wildman–Crippen MR) is 126 cm³/mol. The van der Waals surface area contributed by atoms with E-state index in [0.717, 1.165) is 62.5 Å². The number of carbonyl (C=O) groups excluding carboxylic acids is 1. The topological polar surface area (TPSA) is 45.9 Å². The van der Waals surface area contributed by atoms with Gasteiger partial charge in [-0.1, -0.05) is 24.3 Å². The molecule has 3 aromatic rings. The summed E-state index contributed by atoms with van der Waals surface area (Å²) >= 11 is 0. The number of esters is 1. The molecule has 1 aliphatic rings. The van der Waals surface area contributed by atoms with Crippen molar-refractivity contribution in [3.8, 4) is 0 Å². The van der Waals surface area contributed by atoms with Crippen LogP contribution in [0, 0.1) is 11.6 Å². The molecular weight excluding hydrogens is 438 g/mol. The first-order valence-corrected chi connectivity index (χ1v) is 11.6. The molecule has 5 nitrogen and oxygen atoms in total. The predicted octanol–water partition coefficient (Wildman–Crippen LogP) is 5.07. The summed E-state index contributed by atoms with van der Waals surface area (Å²) < 4.78 is 37.1. The van der Waals surface area contributed by atoms with Crippen LogP contribution in [0.3, 0.4) is 0 Å². The Morgan fingerprint density at radius 1 is 0.882 bits per heavy atom. The number of furan rings is 1. The van der Waals surface area contributed by atoms with Gasteiger partial charge in [0.15, 0.2) is 0 Å². The molecule has 0 spiro atoms. The van der Waals surface area contributed by atoms with E-state index < -0.39 is 5.97 Å². The van der Waals surface area contributed by atoms with Crippen molar-refractivity contribution in [3.63, 3.8) is 0 Å². The molecule has 7 heteroatoms. The summed E-state index contributed by atoms with van der Waals surface area (Å²) in [5.41, 5.74) is 2.09. The van der Waals surface area contributed by atoms with E-state index in [0.29, 0.717) is 6.54 Å². The number of piperazine rings is 1. The Balaban J connectivity index is 1.27. The van der Waals surface area contributed by atoms with Crippen LogP contribution in [0.5, 0.6) is 0 Å². The Bertz CT molecular complexity index is 1010. The van der Waals surface area contributed by atoms with Crippen LogP contribution in [0.4, 0.5) is 8.78 Å². The van der Waals surface area contributed by atoms with Gasteiger partial charge in [0.2, 0.25) is 5.76 Å². The lowest BCUT2D eigenvalue weighted by Gasteiger charge is -2.34. The monoisotopic (exact) mass is 468 g/mol. The fourth-order valence-corrected chi connectivity index (χ4v) is 4.50. The SMILES string of the molecule is COC(=O)c1ccc(CN2CCN(CCCC(c3ccc(F)cc3)c3ccc(F)cc3)CC2)o1. The molecule has 0 N–H and O–H groups in total. The fourth-order valence-electron chi connectivity index (χ4n) is 4.50. The van der Waals surface area contributed by atoms with Gasteiger partial charge in [0.25, 0.3) is 0 Å². The third kappa shape index (κ3) is 6.30. The minimum atomic E-state index is -0.462. The molecule has 34 heavy (non-hydrogen) atoms. The van der Waals surface area contributed by atoms with E-state index >= 15 is 0 Å². The second-order valence-electron chi connectivity index (χ2n) is 8.67. The minimum absolute atomic E-state index is 0.102. The highest BCUT2D eigenvalue weighted by molar-refractivity contribution is 5.86. The van der Waals surface area contributed by atoms with Crippen molar-refractivity contribution in [1.82, 2.24) is 9.80 Å². The number of benzene rings is 2. The Morgan fingerprint density at radius 3 is 2.00 bits per heavy atom. The molecule has 1 aliphatic heterocycles. The first-order valence-electron chi connectivity index (χ1n) is 11.6. The van der Waals surface area contributed by atoms with Gasteiger partial charge in [-0.15, -0.1) is 0 Å². The van der Waals surface area contributed by atoms with Gasteiger partial charge in [0.05, 0.1) is 13.7 Å². The summed E-state index contributed by atoms with van der Waals surface area (Å²) in [4.78, 5) is 16.3. The van der Waals surface area contributed by atoms with Crippen molar-refractivity contribution in [2.45, 2.75) is 25.3 Å². The quantitative estimate of drug-likeness (QED) is 0.410. The van der Waals surface area contributed by atoms with Crippen molar-refractivity contribution < 1.29 is 22.7 Å². The number of carbonyl (C=O) groups is 1. The van der Waals surface area contributed by atoms with Gasteiger partial charge in [-0.05, 0) is 66.9 Å². The van der Waals surface area contributed by atoms with Crippen LogP contribution < -0.4 is 0 Å². The summed E-state index contributed by atoms with van der Waals surface area (Å²) in [5.74, 6) is 0.121. The molecular formula is C27H30F2N2O3. The summed E-state index contributed by atoms with van der Waals surface area (Å²) in [6, 6.07) is 16.7. The zero-order valence-electron chi connectivity index (χ0n) is 19.4. The average molecular weight is 469 g/mol. The van der Waals surface area contributed by atoms with Gasteiger partial charge in [-0.2, -0.15) is 0 Å². The van der Waals surface area contributed by atoms with E-state index in [1.165, 1.54) is 31.4 Å². The molecule has 2 heterocycles. The first kappa shape index (κ1) is 24.1. The highest BCUT2D eigenvalue weighted by Gasteiger charge is 2.20. The number of hydrogen-bond donors (Lipinski definition) is 0. The highest BCUT2D eigenvalue weighted by atomic mass is 19.1.